The van der Waals surface area contributed by atoms with Gasteiger partial charge in [-0.05, 0) is 7.05 Å². The molecule has 1 aliphatic heterocycles. The second-order valence-electron chi connectivity index (χ2n) is 3.57. The second-order valence-corrected chi connectivity index (χ2v) is 3.57. The predicted molar refractivity (Wildman–Crippen MR) is 52.7 cm³/mol. The Bertz CT molecular complexity index is 230. The number of amides is 2. The molecule has 2 N–H and O–H groups in total. The zero-order valence-electron chi connectivity index (χ0n) is 8.67. The van der Waals surface area contributed by atoms with Crippen molar-refractivity contribution in [3.05, 3.63) is 0 Å². The summed E-state index contributed by atoms with van der Waals surface area (Å²) >= 11 is 0. The lowest BCUT2D eigenvalue weighted by molar-refractivity contribution is -0.140. The number of rotatable bonds is 3. The summed E-state index contributed by atoms with van der Waals surface area (Å²) in [6, 6.07) is 0. The van der Waals surface area contributed by atoms with E-state index in [1.54, 1.807) is 4.90 Å². The summed E-state index contributed by atoms with van der Waals surface area (Å²) < 4.78 is 0. The minimum Gasteiger partial charge on any atom is -0.353 e. The van der Waals surface area contributed by atoms with E-state index < -0.39 is 0 Å². The summed E-state index contributed by atoms with van der Waals surface area (Å²) in [7, 11) is 1.81. The highest BCUT2D eigenvalue weighted by Gasteiger charge is 2.24. The van der Waals surface area contributed by atoms with E-state index in [-0.39, 0.29) is 24.3 Å². The van der Waals surface area contributed by atoms with Gasteiger partial charge in [-0.2, -0.15) is 0 Å². The van der Waals surface area contributed by atoms with E-state index >= 15 is 0 Å². The molecule has 1 fully saturated rings. The van der Waals surface area contributed by atoms with Crippen molar-refractivity contribution in [3.8, 4) is 0 Å². The second kappa shape index (κ2) is 4.95. The van der Waals surface area contributed by atoms with Crippen LogP contribution in [0.1, 0.15) is 6.92 Å². The van der Waals surface area contributed by atoms with Crippen molar-refractivity contribution in [1.29, 1.82) is 0 Å². The zero-order chi connectivity index (χ0) is 10.6. The monoisotopic (exact) mass is 199 g/mol. The van der Waals surface area contributed by atoms with E-state index in [1.165, 1.54) is 0 Å². The molecule has 14 heavy (non-hydrogen) atoms. The Morgan fingerprint density at radius 3 is 3.00 bits per heavy atom. The van der Waals surface area contributed by atoms with E-state index in [9.17, 15) is 9.59 Å². The first kappa shape index (κ1) is 11.0. The third kappa shape index (κ3) is 2.70. The highest BCUT2D eigenvalue weighted by molar-refractivity contribution is 5.86. The van der Waals surface area contributed by atoms with E-state index in [0.29, 0.717) is 19.6 Å². The summed E-state index contributed by atoms with van der Waals surface area (Å²) in [5.74, 6) is -0.0821. The molecule has 0 radical (unpaired) electrons. The molecule has 1 saturated heterocycles. The molecular formula is C9H17N3O2. The number of nitrogens with zero attached hydrogens (tertiary/aromatic N) is 1. The molecule has 2 amide bonds. The Kier molecular flexibility index (Phi) is 3.88. The van der Waals surface area contributed by atoms with Gasteiger partial charge in [0.05, 0.1) is 6.54 Å². The van der Waals surface area contributed by atoms with Crippen LogP contribution in [0, 0.1) is 5.92 Å². The third-order valence-electron chi connectivity index (χ3n) is 2.28. The van der Waals surface area contributed by atoms with Gasteiger partial charge in [0.15, 0.2) is 0 Å². The van der Waals surface area contributed by atoms with Crippen LogP contribution in [0.2, 0.25) is 0 Å². The maximum Gasteiger partial charge on any atom is 0.239 e. The van der Waals surface area contributed by atoms with E-state index in [2.05, 4.69) is 10.6 Å². The topological polar surface area (TPSA) is 61.4 Å². The Morgan fingerprint density at radius 2 is 2.43 bits per heavy atom. The van der Waals surface area contributed by atoms with Crippen molar-refractivity contribution < 1.29 is 9.59 Å². The van der Waals surface area contributed by atoms with Crippen LogP contribution in [-0.4, -0.2) is 49.9 Å². The Labute approximate surface area is 83.8 Å². The van der Waals surface area contributed by atoms with Crippen LogP contribution in [-0.2, 0) is 9.59 Å². The SMILES string of the molecule is CNCC(C)C(=O)N1CCNC(=O)C1. The summed E-state index contributed by atoms with van der Waals surface area (Å²) in [5, 5.41) is 5.64. The number of nitrogens with one attached hydrogen (secondary N) is 2. The highest BCUT2D eigenvalue weighted by Crippen LogP contribution is 2.03. The lowest BCUT2D eigenvalue weighted by Crippen LogP contribution is -2.52. The standard InChI is InChI=1S/C9H17N3O2/c1-7(5-10-2)9(14)12-4-3-11-8(13)6-12/h7,10H,3-6H2,1-2H3,(H,11,13). The van der Waals surface area contributed by atoms with Gasteiger partial charge in [0.1, 0.15) is 0 Å². The summed E-state index contributed by atoms with van der Waals surface area (Å²) in [5.41, 5.74) is 0. The van der Waals surface area contributed by atoms with Crippen molar-refractivity contribution in [2.24, 2.45) is 5.92 Å². The van der Waals surface area contributed by atoms with Crippen molar-refractivity contribution in [2.75, 3.05) is 33.2 Å². The fraction of sp³-hybridized carbons (Fsp3) is 0.778. The van der Waals surface area contributed by atoms with E-state index in [4.69, 9.17) is 0 Å². The molecule has 1 aliphatic rings. The number of hydrogen-bond donors (Lipinski definition) is 2. The first-order valence-corrected chi connectivity index (χ1v) is 4.85. The molecule has 1 heterocycles. The molecule has 1 rings (SSSR count). The minimum atomic E-state index is -0.0683. The molecule has 0 saturated carbocycles. The lowest BCUT2D eigenvalue weighted by Gasteiger charge is -2.28. The molecule has 0 aromatic heterocycles. The normalized spacial score (nSPS) is 19.0. The molecule has 5 nitrogen and oxygen atoms in total. The van der Waals surface area contributed by atoms with Gasteiger partial charge in [0.2, 0.25) is 11.8 Å². The van der Waals surface area contributed by atoms with Gasteiger partial charge in [0.25, 0.3) is 0 Å². The Hall–Kier alpha value is -1.10. The van der Waals surface area contributed by atoms with Crippen LogP contribution in [0.25, 0.3) is 0 Å². The van der Waals surface area contributed by atoms with Crippen LogP contribution in [0.5, 0.6) is 0 Å². The first-order chi connectivity index (χ1) is 6.65. The van der Waals surface area contributed by atoms with Crippen molar-refractivity contribution in [3.63, 3.8) is 0 Å². The number of piperazine rings is 1. The van der Waals surface area contributed by atoms with Gasteiger partial charge < -0.3 is 15.5 Å². The van der Waals surface area contributed by atoms with Crippen LogP contribution in [0.4, 0.5) is 0 Å². The smallest absolute Gasteiger partial charge is 0.239 e. The molecule has 0 aromatic carbocycles. The third-order valence-corrected chi connectivity index (χ3v) is 2.28. The average Bonchev–Trinajstić information content (AvgIpc) is 2.17. The van der Waals surface area contributed by atoms with Gasteiger partial charge in [-0.15, -0.1) is 0 Å². The molecule has 5 heteroatoms. The van der Waals surface area contributed by atoms with E-state index in [0.717, 1.165) is 0 Å². The van der Waals surface area contributed by atoms with E-state index in [1.807, 2.05) is 14.0 Å². The van der Waals surface area contributed by atoms with Gasteiger partial charge >= 0.3 is 0 Å². The van der Waals surface area contributed by atoms with Crippen LogP contribution in [0.15, 0.2) is 0 Å². The molecule has 1 atom stereocenters. The summed E-state index contributed by atoms with van der Waals surface area (Å²) in [6.07, 6.45) is 0. The maximum atomic E-state index is 11.7. The van der Waals surface area contributed by atoms with Crippen molar-refractivity contribution >= 4 is 11.8 Å². The minimum absolute atomic E-state index is 0.0502. The van der Waals surface area contributed by atoms with Gasteiger partial charge in [-0.1, -0.05) is 6.92 Å². The molecule has 0 aliphatic carbocycles. The maximum absolute atomic E-state index is 11.7. The van der Waals surface area contributed by atoms with Gasteiger partial charge in [-0.3, -0.25) is 9.59 Å². The number of hydrogen-bond acceptors (Lipinski definition) is 3. The highest BCUT2D eigenvalue weighted by atomic mass is 16.2. The van der Waals surface area contributed by atoms with Crippen molar-refractivity contribution in [1.82, 2.24) is 15.5 Å². The molecule has 80 valence electrons. The average molecular weight is 199 g/mol. The van der Waals surface area contributed by atoms with Crippen LogP contribution in [0.3, 0.4) is 0 Å². The Balaban J connectivity index is 2.46. The first-order valence-electron chi connectivity index (χ1n) is 4.85. The quantitative estimate of drug-likeness (QED) is 0.600. The molecule has 0 spiro atoms. The number of carbonyl (C=O) groups excluding carboxylic acids is 2. The number of carbonyl (C=O) groups is 2. The largest absolute Gasteiger partial charge is 0.353 e. The van der Waals surface area contributed by atoms with Gasteiger partial charge in [-0.25, -0.2) is 0 Å². The van der Waals surface area contributed by atoms with Crippen molar-refractivity contribution in [2.45, 2.75) is 6.92 Å². The summed E-state index contributed by atoms with van der Waals surface area (Å²) in [4.78, 5) is 24.4. The fourth-order valence-corrected chi connectivity index (χ4v) is 1.53. The summed E-state index contributed by atoms with van der Waals surface area (Å²) in [6.45, 7) is 3.91. The fourth-order valence-electron chi connectivity index (χ4n) is 1.53. The van der Waals surface area contributed by atoms with Crippen LogP contribution >= 0.6 is 0 Å². The zero-order valence-corrected chi connectivity index (χ0v) is 8.67. The molecular weight excluding hydrogens is 182 g/mol. The van der Waals surface area contributed by atoms with Crippen LogP contribution < -0.4 is 10.6 Å². The molecule has 0 aromatic rings. The molecule has 1 unspecified atom stereocenters. The predicted octanol–water partition coefficient (Wildman–Crippen LogP) is -1.20. The molecule has 0 bridgehead atoms. The lowest BCUT2D eigenvalue weighted by atomic mass is 10.1. The van der Waals surface area contributed by atoms with Gasteiger partial charge in [0, 0.05) is 25.6 Å². The Morgan fingerprint density at radius 1 is 1.71 bits per heavy atom.